The maximum absolute atomic E-state index is 6.29. The number of ether oxygens (including phenoxy) is 2. The Bertz CT molecular complexity index is 1500. The van der Waals surface area contributed by atoms with Gasteiger partial charge in [-0.2, -0.15) is 5.10 Å². The zero-order chi connectivity index (χ0) is 25.4. The Morgan fingerprint density at radius 1 is 1.05 bits per heavy atom. The molecule has 6 rings (SSSR count). The van der Waals surface area contributed by atoms with Crippen molar-refractivity contribution in [3.8, 4) is 23.0 Å². The van der Waals surface area contributed by atoms with Gasteiger partial charge in [-0.1, -0.05) is 24.3 Å². The highest BCUT2D eigenvalue weighted by Crippen LogP contribution is 2.34. The van der Waals surface area contributed by atoms with Gasteiger partial charge in [-0.05, 0) is 44.2 Å². The van der Waals surface area contributed by atoms with Crippen LogP contribution in [0.5, 0.6) is 11.5 Å². The number of aryl methyl sites for hydroxylation is 1. The van der Waals surface area contributed by atoms with Crippen molar-refractivity contribution in [2.45, 2.75) is 26.9 Å². The summed E-state index contributed by atoms with van der Waals surface area (Å²) in [7, 11) is 1.66. The number of rotatable bonds is 8. The number of benzene rings is 2. The van der Waals surface area contributed by atoms with Crippen LogP contribution in [0.4, 0.5) is 5.69 Å². The fourth-order valence-corrected chi connectivity index (χ4v) is 5.67. The third-order valence-corrected chi connectivity index (χ3v) is 7.66. The van der Waals surface area contributed by atoms with Crippen LogP contribution in [0.2, 0.25) is 0 Å². The highest BCUT2D eigenvalue weighted by atomic mass is 32.1. The minimum Gasteiger partial charge on any atom is -0.497 e. The first-order valence-corrected chi connectivity index (χ1v) is 13.5. The lowest BCUT2D eigenvalue weighted by molar-refractivity contribution is 0.258. The second-order valence-electron chi connectivity index (χ2n) is 9.40. The number of methoxy groups -OCH3 is 1. The number of hydrogen-bond donors (Lipinski definition) is 0. The average molecular weight is 518 g/mol. The molecule has 0 amide bonds. The SMILES string of the molecule is CCCN1CCN(c2cccc(OCc3cc(OC)cc4oc(-c5cn6nc(C)sc6n5)cc34)c2)CC1. The molecule has 1 saturated heterocycles. The number of piperazine rings is 1. The maximum atomic E-state index is 6.29. The van der Waals surface area contributed by atoms with Crippen molar-refractivity contribution in [3.05, 3.63) is 59.2 Å². The third-order valence-electron chi connectivity index (χ3n) is 6.82. The summed E-state index contributed by atoms with van der Waals surface area (Å²) >= 11 is 1.56. The number of imidazole rings is 1. The zero-order valence-corrected chi connectivity index (χ0v) is 22.3. The Kier molecular flexibility index (Phi) is 6.48. The Morgan fingerprint density at radius 2 is 1.92 bits per heavy atom. The van der Waals surface area contributed by atoms with Crippen molar-refractivity contribution in [1.29, 1.82) is 0 Å². The molecular weight excluding hydrogens is 486 g/mol. The molecular formula is C28H31N5O3S. The van der Waals surface area contributed by atoms with E-state index in [4.69, 9.17) is 13.9 Å². The minimum atomic E-state index is 0.402. The molecule has 0 aliphatic carbocycles. The largest absolute Gasteiger partial charge is 0.497 e. The fraction of sp³-hybridized carbons (Fsp3) is 0.357. The van der Waals surface area contributed by atoms with Gasteiger partial charge in [0.15, 0.2) is 5.76 Å². The molecule has 192 valence electrons. The van der Waals surface area contributed by atoms with Gasteiger partial charge in [-0.15, -0.1) is 0 Å². The van der Waals surface area contributed by atoms with Gasteiger partial charge in [0.25, 0.3) is 0 Å². The van der Waals surface area contributed by atoms with Crippen LogP contribution in [0.25, 0.3) is 27.4 Å². The lowest BCUT2D eigenvalue weighted by atomic mass is 10.1. The molecule has 37 heavy (non-hydrogen) atoms. The molecule has 1 fully saturated rings. The molecule has 0 bridgehead atoms. The van der Waals surface area contributed by atoms with Gasteiger partial charge in [0.05, 0.1) is 13.3 Å². The first-order valence-electron chi connectivity index (χ1n) is 12.7. The minimum absolute atomic E-state index is 0.402. The predicted molar refractivity (Wildman–Crippen MR) is 147 cm³/mol. The van der Waals surface area contributed by atoms with Crippen LogP contribution in [-0.4, -0.2) is 59.3 Å². The average Bonchev–Trinajstić information content (AvgIpc) is 3.60. The predicted octanol–water partition coefficient (Wildman–Crippen LogP) is 5.63. The lowest BCUT2D eigenvalue weighted by Gasteiger charge is -2.36. The van der Waals surface area contributed by atoms with E-state index in [0.29, 0.717) is 12.4 Å². The number of hydrogen-bond acceptors (Lipinski definition) is 8. The molecule has 8 nitrogen and oxygen atoms in total. The van der Waals surface area contributed by atoms with Crippen LogP contribution in [0.15, 0.2) is 53.1 Å². The van der Waals surface area contributed by atoms with Crippen molar-refractivity contribution in [1.82, 2.24) is 19.5 Å². The first kappa shape index (κ1) is 23.8. The maximum Gasteiger partial charge on any atom is 0.212 e. The number of anilines is 1. The van der Waals surface area contributed by atoms with Gasteiger partial charge in [0.2, 0.25) is 4.96 Å². The van der Waals surface area contributed by atoms with Crippen LogP contribution >= 0.6 is 11.3 Å². The second kappa shape index (κ2) is 10.1. The topological polar surface area (TPSA) is 68.3 Å². The molecule has 9 heteroatoms. The first-order chi connectivity index (χ1) is 18.1. The van der Waals surface area contributed by atoms with E-state index in [1.807, 2.05) is 37.4 Å². The molecule has 1 aliphatic rings. The van der Waals surface area contributed by atoms with Gasteiger partial charge in [0.1, 0.15) is 34.4 Å². The van der Waals surface area contributed by atoms with Gasteiger partial charge in [-0.3, -0.25) is 4.90 Å². The van der Waals surface area contributed by atoms with E-state index < -0.39 is 0 Å². The molecule has 0 N–H and O–H groups in total. The summed E-state index contributed by atoms with van der Waals surface area (Å²) in [6.45, 7) is 10.1. The van der Waals surface area contributed by atoms with Crippen molar-refractivity contribution in [2.75, 3.05) is 44.7 Å². The van der Waals surface area contributed by atoms with Crippen LogP contribution in [0.3, 0.4) is 0 Å². The molecule has 2 aromatic carbocycles. The molecule has 1 aliphatic heterocycles. The Labute approximate surface area is 220 Å². The molecule has 4 heterocycles. The van der Waals surface area contributed by atoms with E-state index in [2.05, 4.69) is 45.0 Å². The standard InChI is InChI=1S/C28H31N5O3S/c1-4-8-31-9-11-32(12-10-31)21-6-5-7-22(14-21)35-18-20-13-23(34-3)15-26-24(20)16-27(36-26)25-17-33-28(29-25)37-19(2)30-33/h5-7,13-17H,4,8-12,18H2,1-3H3. The van der Waals surface area contributed by atoms with Gasteiger partial charge >= 0.3 is 0 Å². The van der Waals surface area contributed by atoms with Crippen molar-refractivity contribution in [2.24, 2.45) is 0 Å². The molecule has 0 radical (unpaired) electrons. The Hall–Kier alpha value is -3.56. The van der Waals surface area contributed by atoms with Gasteiger partial charge in [-0.25, -0.2) is 9.50 Å². The summed E-state index contributed by atoms with van der Waals surface area (Å²) in [4.78, 5) is 10.5. The smallest absolute Gasteiger partial charge is 0.212 e. The van der Waals surface area contributed by atoms with E-state index in [1.165, 1.54) is 18.7 Å². The Morgan fingerprint density at radius 3 is 2.70 bits per heavy atom. The zero-order valence-electron chi connectivity index (χ0n) is 21.4. The lowest BCUT2D eigenvalue weighted by Crippen LogP contribution is -2.46. The summed E-state index contributed by atoms with van der Waals surface area (Å²) in [6.07, 6.45) is 3.11. The number of furan rings is 1. The molecule has 0 atom stereocenters. The molecule has 3 aromatic heterocycles. The fourth-order valence-electron chi connectivity index (χ4n) is 4.94. The third kappa shape index (κ3) is 4.89. The van der Waals surface area contributed by atoms with Crippen molar-refractivity contribution >= 4 is 33.0 Å². The van der Waals surface area contributed by atoms with Crippen molar-refractivity contribution in [3.63, 3.8) is 0 Å². The summed E-state index contributed by atoms with van der Waals surface area (Å²) in [5.41, 5.74) is 3.70. The van der Waals surface area contributed by atoms with Gasteiger partial charge < -0.3 is 18.8 Å². The molecule has 0 spiro atoms. The monoisotopic (exact) mass is 517 g/mol. The van der Waals surface area contributed by atoms with Crippen LogP contribution in [0.1, 0.15) is 23.9 Å². The second-order valence-corrected chi connectivity index (χ2v) is 10.6. The Balaban J connectivity index is 1.22. The molecule has 0 saturated carbocycles. The van der Waals surface area contributed by atoms with Crippen LogP contribution in [-0.2, 0) is 6.61 Å². The van der Waals surface area contributed by atoms with E-state index in [0.717, 1.165) is 69.9 Å². The van der Waals surface area contributed by atoms with E-state index >= 15 is 0 Å². The van der Waals surface area contributed by atoms with E-state index in [1.54, 1.807) is 23.0 Å². The molecule has 5 aromatic rings. The molecule has 0 unspecified atom stereocenters. The number of fused-ring (bicyclic) bond motifs is 2. The normalized spacial score (nSPS) is 14.6. The number of nitrogens with zero attached hydrogens (tertiary/aromatic N) is 5. The summed E-state index contributed by atoms with van der Waals surface area (Å²) in [5, 5.41) is 6.42. The quantitative estimate of drug-likeness (QED) is 0.264. The van der Waals surface area contributed by atoms with Crippen molar-refractivity contribution < 1.29 is 13.9 Å². The van der Waals surface area contributed by atoms with Gasteiger partial charge in [0, 0.05) is 54.9 Å². The van der Waals surface area contributed by atoms with E-state index in [9.17, 15) is 0 Å². The summed E-state index contributed by atoms with van der Waals surface area (Å²) in [5.74, 6) is 2.28. The highest BCUT2D eigenvalue weighted by molar-refractivity contribution is 7.16. The van der Waals surface area contributed by atoms with Crippen LogP contribution < -0.4 is 14.4 Å². The summed E-state index contributed by atoms with van der Waals surface area (Å²) < 4.78 is 19.8. The highest BCUT2D eigenvalue weighted by Gasteiger charge is 2.18. The summed E-state index contributed by atoms with van der Waals surface area (Å²) in [6, 6.07) is 14.3. The van der Waals surface area contributed by atoms with Crippen LogP contribution in [0, 0.1) is 6.92 Å². The number of aromatic nitrogens is 3. The van der Waals surface area contributed by atoms with E-state index in [-0.39, 0.29) is 0 Å².